The summed E-state index contributed by atoms with van der Waals surface area (Å²) in [6.45, 7) is 0. The van der Waals surface area contributed by atoms with Gasteiger partial charge in [-0.15, -0.1) is 0 Å². The molecule has 8 aliphatic carbocycles. The lowest BCUT2D eigenvalue weighted by atomic mass is 9.53. The summed E-state index contributed by atoms with van der Waals surface area (Å²) in [4.78, 5) is 0. The van der Waals surface area contributed by atoms with Crippen molar-refractivity contribution in [2.45, 2.75) is 116 Å². The molecule has 2 saturated carbocycles. The third-order valence-corrected chi connectivity index (χ3v) is 13.0. The van der Waals surface area contributed by atoms with Gasteiger partial charge in [0.1, 0.15) is 11.2 Å². The van der Waals surface area contributed by atoms with Crippen LogP contribution in [0.2, 0.25) is 0 Å². The van der Waals surface area contributed by atoms with Crippen LogP contribution in [0.4, 0.5) is 0 Å². The number of hydrogen-bond acceptors (Lipinski definition) is 1. The van der Waals surface area contributed by atoms with Gasteiger partial charge >= 0.3 is 0 Å². The summed E-state index contributed by atoms with van der Waals surface area (Å²) in [6, 6.07) is 0. The van der Waals surface area contributed by atoms with E-state index in [9.17, 15) is 0 Å². The molecule has 0 spiro atoms. The van der Waals surface area contributed by atoms with Gasteiger partial charge in [0.05, 0.1) is 0 Å². The van der Waals surface area contributed by atoms with Crippen LogP contribution in [-0.2, 0) is 6.42 Å². The third-order valence-electron chi connectivity index (χ3n) is 13.0. The molecule has 43 heavy (non-hydrogen) atoms. The molecular weight excluding hydrogens is 520 g/mol. The lowest BCUT2D eigenvalue weighted by Crippen LogP contribution is -2.41. The molecule has 0 amide bonds. The molecule has 224 valence electrons. The summed E-state index contributed by atoms with van der Waals surface area (Å²) >= 11 is 0. The summed E-state index contributed by atoms with van der Waals surface area (Å²) < 4.78 is 6.46. The van der Waals surface area contributed by atoms with Crippen LogP contribution in [-0.4, -0.2) is 0 Å². The van der Waals surface area contributed by atoms with Crippen molar-refractivity contribution >= 4 is 17.7 Å². The summed E-state index contributed by atoms with van der Waals surface area (Å²) in [5, 5.41) is 1.49. The third kappa shape index (κ3) is 4.46. The lowest BCUT2D eigenvalue weighted by Gasteiger charge is -2.51. The maximum atomic E-state index is 6.46. The quantitative estimate of drug-likeness (QED) is 0.352. The molecule has 0 bridgehead atoms. The Kier molecular flexibility index (Phi) is 6.94. The molecule has 1 aromatic rings. The Balaban J connectivity index is 1.23. The van der Waals surface area contributed by atoms with Gasteiger partial charge in [0.25, 0.3) is 0 Å². The molecule has 9 rings (SSSR count). The van der Waals surface area contributed by atoms with E-state index in [0.717, 1.165) is 48.7 Å². The van der Waals surface area contributed by atoms with Gasteiger partial charge in [0, 0.05) is 10.8 Å². The van der Waals surface area contributed by atoms with E-state index in [4.69, 9.17) is 4.42 Å². The van der Waals surface area contributed by atoms with Crippen LogP contribution in [0.1, 0.15) is 120 Å². The summed E-state index contributed by atoms with van der Waals surface area (Å²) in [5.41, 5.74) is 13.3. The topological polar surface area (TPSA) is 13.1 Å². The van der Waals surface area contributed by atoms with E-state index in [2.05, 4.69) is 48.6 Å². The normalized spacial score (nSPS) is 33.7. The summed E-state index contributed by atoms with van der Waals surface area (Å²) in [6.07, 6.45) is 44.2. The van der Waals surface area contributed by atoms with Crippen molar-refractivity contribution < 1.29 is 4.42 Å². The maximum absolute atomic E-state index is 6.46. The fourth-order valence-electron chi connectivity index (χ4n) is 11.2. The maximum Gasteiger partial charge on any atom is 0.131 e. The lowest BCUT2D eigenvalue weighted by molar-refractivity contribution is 0.215. The highest BCUT2D eigenvalue weighted by molar-refractivity contribution is 5.72. The predicted molar refractivity (Wildman–Crippen MR) is 178 cm³/mol. The van der Waals surface area contributed by atoms with Gasteiger partial charge in [0.2, 0.25) is 0 Å². The zero-order chi connectivity index (χ0) is 28.3. The minimum atomic E-state index is 0.706. The molecule has 5 atom stereocenters. The zero-order valence-electron chi connectivity index (χ0n) is 26.2. The van der Waals surface area contributed by atoms with E-state index < -0.39 is 0 Å². The second-order valence-corrected chi connectivity index (χ2v) is 15.2. The van der Waals surface area contributed by atoms with Crippen molar-refractivity contribution in [3.63, 3.8) is 0 Å². The number of allylic oxidation sites excluding steroid dienone is 11. The Morgan fingerprint density at radius 1 is 0.721 bits per heavy atom. The van der Waals surface area contributed by atoms with Crippen molar-refractivity contribution in [2.24, 2.45) is 35.5 Å². The Bertz CT molecular complexity index is 1600. The molecule has 2 fully saturated rings. The van der Waals surface area contributed by atoms with Crippen molar-refractivity contribution in [3.8, 4) is 0 Å². The molecular formula is C42H50O. The first-order valence-electron chi connectivity index (χ1n) is 18.4. The van der Waals surface area contributed by atoms with Crippen LogP contribution in [0, 0.1) is 35.5 Å². The highest BCUT2D eigenvalue weighted by Gasteiger charge is 2.47. The SMILES string of the molecule is C1=CC2CCCCC2C(C2C3CCCC=C3C(C3CCCCC3)=C3C=C(C4=c5c6c(oc5=CCC4)C=CCC6)CCC32)=C1. The van der Waals surface area contributed by atoms with Crippen molar-refractivity contribution in [2.75, 3.05) is 0 Å². The number of furan rings is 1. The first-order chi connectivity index (χ1) is 21.3. The van der Waals surface area contributed by atoms with Gasteiger partial charge in [-0.3, -0.25) is 0 Å². The Morgan fingerprint density at radius 2 is 1.60 bits per heavy atom. The van der Waals surface area contributed by atoms with Gasteiger partial charge < -0.3 is 4.42 Å². The second-order valence-electron chi connectivity index (χ2n) is 15.2. The fraction of sp³-hybridized carbons (Fsp3) is 0.571. The minimum absolute atomic E-state index is 0.706. The van der Waals surface area contributed by atoms with Crippen LogP contribution in [0.15, 0.2) is 68.7 Å². The van der Waals surface area contributed by atoms with Crippen LogP contribution < -0.4 is 10.6 Å². The van der Waals surface area contributed by atoms with Gasteiger partial charge in [-0.2, -0.15) is 0 Å². The zero-order valence-corrected chi connectivity index (χ0v) is 26.2. The second kappa shape index (κ2) is 11.1. The molecule has 0 saturated heterocycles. The predicted octanol–water partition coefficient (Wildman–Crippen LogP) is 9.84. The largest absolute Gasteiger partial charge is 0.457 e. The molecule has 8 aliphatic rings. The standard InChI is InChI=1S/C42H50O/c1-2-13-28(14-3-1)40-33-17-6-7-18-34(33)41(32-21-10-15-27-12-4-5-16-30(27)32)35-25-24-29(26-37(35)40)31-20-11-23-39-42(31)36-19-8-9-22-38(36)43-39/h9-10,15,17,21-23,26-28,30,34-35,41H,1-8,11-14,16,18-20,24-25H2. The molecule has 1 aromatic heterocycles. The summed E-state index contributed by atoms with van der Waals surface area (Å²) in [5.74, 6) is 5.68. The molecule has 1 heterocycles. The van der Waals surface area contributed by atoms with Crippen molar-refractivity contribution in [3.05, 3.63) is 86.3 Å². The molecule has 1 nitrogen and oxygen atoms in total. The highest BCUT2D eigenvalue weighted by Crippen LogP contribution is 2.59. The van der Waals surface area contributed by atoms with E-state index in [1.807, 2.05) is 16.7 Å². The van der Waals surface area contributed by atoms with Crippen LogP contribution in [0.3, 0.4) is 0 Å². The molecule has 0 N–H and O–H groups in total. The first kappa shape index (κ1) is 26.8. The van der Waals surface area contributed by atoms with E-state index in [1.165, 1.54) is 113 Å². The van der Waals surface area contributed by atoms with Gasteiger partial charge in [-0.25, -0.2) is 0 Å². The fourth-order valence-corrected chi connectivity index (χ4v) is 11.2. The van der Waals surface area contributed by atoms with Gasteiger partial charge in [-0.05, 0) is 159 Å². The van der Waals surface area contributed by atoms with E-state index in [-0.39, 0.29) is 0 Å². The van der Waals surface area contributed by atoms with E-state index >= 15 is 0 Å². The highest BCUT2D eigenvalue weighted by atomic mass is 16.3. The molecule has 0 radical (unpaired) electrons. The van der Waals surface area contributed by atoms with E-state index in [0.29, 0.717) is 11.8 Å². The average molecular weight is 571 g/mol. The average Bonchev–Trinajstić information content (AvgIpc) is 3.46. The molecule has 5 unspecified atom stereocenters. The van der Waals surface area contributed by atoms with Crippen LogP contribution in [0.5, 0.6) is 0 Å². The molecule has 0 aliphatic heterocycles. The van der Waals surface area contributed by atoms with Crippen LogP contribution >= 0.6 is 0 Å². The number of rotatable bonds is 3. The Hall–Kier alpha value is -2.54. The smallest absolute Gasteiger partial charge is 0.131 e. The molecule has 0 aromatic carbocycles. The minimum Gasteiger partial charge on any atom is -0.457 e. The van der Waals surface area contributed by atoms with E-state index in [1.54, 1.807) is 16.7 Å². The van der Waals surface area contributed by atoms with Gasteiger partial charge in [0.15, 0.2) is 0 Å². The monoisotopic (exact) mass is 570 g/mol. The van der Waals surface area contributed by atoms with Crippen LogP contribution in [0.25, 0.3) is 17.7 Å². The Labute approximate surface area is 259 Å². The first-order valence-corrected chi connectivity index (χ1v) is 18.4. The number of hydrogen-bond donors (Lipinski definition) is 0. The van der Waals surface area contributed by atoms with Crippen molar-refractivity contribution in [1.29, 1.82) is 0 Å². The number of fused-ring (bicyclic) bond motifs is 6. The Morgan fingerprint density at radius 3 is 2.56 bits per heavy atom. The summed E-state index contributed by atoms with van der Waals surface area (Å²) in [7, 11) is 0. The van der Waals surface area contributed by atoms with Crippen molar-refractivity contribution in [1.82, 2.24) is 0 Å². The van der Waals surface area contributed by atoms with Gasteiger partial charge in [-0.1, -0.05) is 74.1 Å². The molecule has 1 heteroatoms.